The number of nitrogens with zero attached hydrogens (tertiary/aromatic N) is 4. The fourth-order valence-electron chi connectivity index (χ4n) is 1.58. The van der Waals surface area contributed by atoms with E-state index in [4.69, 9.17) is 0 Å². The van der Waals surface area contributed by atoms with Crippen LogP contribution in [0.3, 0.4) is 0 Å². The molecule has 0 aliphatic carbocycles. The maximum Gasteiger partial charge on any atom is 0.228 e. The molecule has 1 heterocycles. The molecule has 1 aromatic carbocycles. The van der Waals surface area contributed by atoms with E-state index in [1.165, 1.54) is 0 Å². The molecule has 5 heteroatoms. The summed E-state index contributed by atoms with van der Waals surface area (Å²) in [5.74, 6) is 2.34. The van der Waals surface area contributed by atoms with Gasteiger partial charge in [0.25, 0.3) is 0 Å². The van der Waals surface area contributed by atoms with E-state index in [2.05, 4.69) is 15.3 Å². The SMILES string of the molecule is CN(C)c1cc(Nc2ccccc2)nc(N(C)C)n1. The highest BCUT2D eigenvalue weighted by Gasteiger charge is 2.07. The summed E-state index contributed by atoms with van der Waals surface area (Å²) in [5.41, 5.74) is 1.01. The minimum atomic E-state index is 0.685. The molecule has 0 unspecified atom stereocenters. The number of rotatable bonds is 4. The number of para-hydroxylation sites is 1. The predicted molar refractivity (Wildman–Crippen MR) is 80.4 cm³/mol. The first-order valence-corrected chi connectivity index (χ1v) is 6.12. The second-order valence-electron chi connectivity index (χ2n) is 4.69. The van der Waals surface area contributed by atoms with Gasteiger partial charge in [-0.3, -0.25) is 0 Å². The number of hydrogen-bond acceptors (Lipinski definition) is 5. The number of benzene rings is 1. The van der Waals surface area contributed by atoms with Crippen molar-refractivity contribution in [3.8, 4) is 0 Å². The molecule has 0 radical (unpaired) electrons. The summed E-state index contributed by atoms with van der Waals surface area (Å²) in [4.78, 5) is 12.8. The van der Waals surface area contributed by atoms with Crippen LogP contribution < -0.4 is 15.1 Å². The second kappa shape index (κ2) is 5.56. The fourth-order valence-corrected chi connectivity index (χ4v) is 1.58. The monoisotopic (exact) mass is 257 g/mol. The second-order valence-corrected chi connectivity index (χ2v) is 4.69. The Hall–Kier alpha value is -2.30. The Kier molecular flexibility index (Phi) is 3.85. The molecular formula is C14H19N5. The predicted octanol–water partition coefficient (Wildman–Crippen LogP) is 2.35. The van der Waals surface area contributed by atoms with Crippen molar-refractivity contribution in [2.45, 2.75) is 0 Å². The molecule has 1 N–H and O–H groups in total. The molecule has 2 aromatic rings. The van der Waals surface area contributed by atoms with E-state index in [1.54, 1.807) is 0 Å². The van der Waals surface area contributed by atoms with Crippen molar-refractivity contribution in [2.24, 2.45) is 0 Å². The molecule has 0 aliphatic heterocycles. The molecule has 100 valence electrons. The van der Waals surface area contributed by atoms with Crippen LogP contribution in [0, 0.1) is 0 Å². The van der Waals surface area contributed by atoms with Gasteiger partial charge in [0.05, 0.1) is 0 Å². The van der Waals surface area contributed by atoms with Gasteiger partial charge in [-0.15, -0.1) is 0 Å². The van der Waals surface area contributed by atoms with Crippen molar-refractivity contribution >= 4 is 23.3 Å². The zero-order valence-corrected chi connectivity index (χ0v) is 11.8. The van der Waals surface area contributed by atoms with E-state index in [1.807, 2.05) is 74.4 Å². The van der Waals surface area contributed by atoms with Crippen LogP contribution in [-0.4, -0.2) is 38.2 Å². The summed E-state index contributed by atoms with van der Waals surface area (Å²) in [6.07, 6.45) is 0. The highest BCUT2D eigenvalue weighted by Crippen LogP contribution is 2.21. The standard InChI is InChI=1S/C14H19N5/c1-18(2)13-10-12(16-14(17-13)19(3)4)15-11-8-6-5-7-9-11/h5-10H,1-4H3,(H,15,16,17). The van der Waals surface area contributed by atoms with E-state index >= 15 is 0 Å². The topological polar surface area (TPSA) is 44.3 Å². The highest BCUT2D eigenvalue weighted by molar-refractivity contribution is 5.61. The van der Waals surface area contributed by atoms with Crippen molar-refractivity contribution in [3.05, 3.63) is 36.4 Å². The van der Waals surface area contributed by atoms with Crippen LogP contribution in [0.4, 0.5) is 23.3 Å². The molecule has 0 spiro atoms. The van der Waals surface area contributed by atoms with Crippen molar-refractivity contribution < 1.29 is 0 Å². The van der Waals surface area contributed by atoms with Gasteiger partial charge in [-0.1, -0.05) is 18.2 Å². The number of aromatic nitrogens is 2. The first-order valence-electron chi connectivity index (χ1n) is 6.12. The van der Waals surface area contributed by atoms with Gasteiger partial charge < -0.3 is 15.1 Å². The van der Waals surface area contributed by atoms with Crippen LogP contribution in [-0.2, 0) is 0 Å². The van der Waals surface area contributed by atoms with Crippen molar-refractivity contribution in [1.29, 1.82) is 0 Å². The Morgan fingerprint density at radius 1 is 0.895 bits per heavy atom. The maximum absolute atomic E-state index is 4.49. The Morgan fingerprint density at radius 3 is 2.16 bits per heavy atom. The zero-order chi connectivity index (χ0) is 13.8. The molecule has 0 amide bonds. The van der Waals surface area contributed by atoms with Crippen LogP contribution in [0.15, 0.2) is 36.4 Å². The number of hydrogen-bond donors (Lipinski definition) is 1. The summed E-state index contributed by atoms with van der Waals surface area (Å²) in [6.45, 7) is 0. The Labute approximate surface area is 113 Å². The van der Waals surface area contributed by atoms with Crippen LogP contribution in [0.25, 0.3) is 0 Å². The van der Waals surface area contributed by atoms with E-state index < -0.39 is 0 Å². The highest BCUT2D eigenvalue weighted by atomic mass is 15.3. The Balaban J connectivity index is 2.34. The fraction of sp³-hybridized carbons (Fsp3) is 0.286. The molecule has 1 aromatic heterocycles. The lowest BCUT2D eigenvalue weighted by Gasteiger charge is -2.17. The smallest absolute Gasteiger partial charge is 0.228 e. The van der Waals surface area contributed by atoms with Crippen molar-refractivity contribution in [1.82, 2.24) is 9.97 Å². The molecule has 0 aliphatic rings. The molecule has 0 saturated carbocycles. The third-order valence-electron chi connectivity index (χ3n) is 2.61. The van der Waals surface area contributed by atoms with Gasteiger partial charge in [0.1, 0.15) is 11.6 Å². The Morgan fingerprint density at radius 2 is 1.58 bits per heavy atom. The molecule has 5 nitrogen and oxygen atoms in total. The molecule has 0 saturated heterocycles. The normalized spacial score (nSPS) is 10.1. The molecule has 2 rings (SSSR count). The summed E-state index contributed by atoms with van der Waals surface area (Å²) < 4.78 is 0. The number of nitrogens with one attached hydrogen (secondary N) is 1. The largest absolute Gasteiger partial charge is 0.363 e. The zero-order valence-electron chi connectivity index (χ0n) is 11.8. The van der Waals surface area contributed by atoms with E-state index in [0.29, 0.717) is 5.95 Å². The lowest BCUT2D eigenvalue weighted by atomic mass is 10.3. The summed E-state index contributed by atoms with van der Waals surface area (Å²) in [5, 5.41) is 3.29. The van der Waals surface area contributed by atoms with E-state index in [0.717, 1.165) is 17.3 Å². The quantitative estimate of drug-likeness (QED) is 0.911. The van der Waals surface area contributed by atoms with Gasteiger partial charge in [-0.05, 0) is 12.1 Å². The van der Waals surface area contributed by atoms with Crippen LogP contribution in [0.1, 0.15) is 0 Å². The number of anilines is 4. The van der Waals surface area contributed by atoms with Gasteiger partial charge in [0, 0.05) is 39.9 Å². The molecule has 19 heavy (non-hydrogen) atoms. The maximum atomic E-state index is 4.49. The molecule has 0 atom stereocenters. The first-order chi connectivity index (χ1) is 9.06. The third-order valence-corrected chi connectivity index (χ3v) is 2.61. The molecule has 0 bridgehead atoms. The molecule has 0 fully saturated rings. The lowest BCUT2D eigenvalue weighted by Crippen LogP contribution is -2.17. The van der Waals surface area contributed by atoms with Crippen molar-refractivity contribution in [3.63, 3.8) is 0 Å². The minimum absolute atomic E-state index is 0.685. The average Bonchev–Trinajstić information content (AvgIpc) is 2.39. The Bertz CT molecular complexity index is 511. The summed E-state index contributed by atoms with van der Waals surface area (Å²) in [6, 6.07) is 11.9. The van der Waals surface area contributed by atoms with Gasteiger partial charge in [0.15, 0.2) is 0 Å². The van der Waals surface area contributed by atoms with Gasteiger partial charge in [-0.2, -0.15) is 9.97 Å². The first kappa shape index (κ1) is 13.1. The third kappa shape index (κ3) is 3.34. The van der Waals surface area contributed by atoms with Crippen LogP contribution in [0.5, 0.6) is 0 Å². The lowest BCUT2D eigenvalue weighted by molar-refractivity contribution is 0.970. The average molecular weight is 257 g/mol. The molecular weight excluding hydrogens is 238 g/mol. The van der Waals surface area contributed by atoms with Gasteiger partial charge in [0.2, 0.25) is 5.95 Å². The summed E-state index contributed by atoms with van der Waals surface area (Å²) in [7, 11) is 7.80. The van der Waals surface area contributed by atoms with Crippen LogP contribution >= 0.6 is 0 Å². The summed E-state index contributed by atoms with van der Waals surface area (Å²) >= 11 is 0. The minimum Gasteiger partial charge on any atom is -0.363 e. The van der Waals surface area contributed by atoms with Crippen LogP contribution in [0.2, 0.25) is 0 Å². The van der Waals surface area contributed by atoms with Gasteiger partial charge >= 0.3 is 0 Å². The van der Waals surface area contributed by atoms with Crippen molar-refractivity contribution in [2.75, 3.05) is 43.3 Å². The van der Waals surface area contributed by atoms with E-state index in [-0.39, 0.29) is 0 Å². The van der Waals surface area contributed by atoms with Gasteiger partial charge in [-0.25, -0.2) is 0 Å². The van der Waals surface area contributed by atoms with E-state index in [9.17, 15) is 0 Å².